The van der Waals surface area contributed by atoms with E-state index in [0.717, 1.165) is 5.56 Å². The standard InChI is InChI=1S/C18H27NO6/c1-6-12(2)19(11-16(21)22)15(20)10-8-13-7-9-14(23-3)18(25-5)17(13)24-4/h7,9,12H,6,8,10-11H2,1-5H3,(H,21,22). The molecule has 0 aliphatic heterocycles. The van der Waals surface area contributed by atoms with Crippen LogP contribution in [0.3, 0.4) is 0 Å². The number of aliphatic carboxylic acids is 1. The van der Waals surface area contributed by atoms with Crippen LogP contribution < -0.4 is 14.2 Å². The Kier molecular flexibility index (Phi) is 8.04. The van der Waals surface area contributed by atoms with Gasteiger partial charge in [-0.25, -0.2) is 0 Å². The van der Waals surface area contributed by atoms with Gasteiger partial charge in [-0.15, -0.1) is 0 Å². The second-order valence-corrected chi connectivity index (χ2v) is 5.67. The number of amides is 1. The monoisotopic (exact) mass is 353 g/mol. The van der Waals surface area contributed by atoms with E-state index in [1.165, 1.54) is 26.2 Å². The van der Waals surface area contributed by atoms with Crippen LogP contribution in [0.2, 0.25) is 0 Å². The number of ether oxygens (including phenoxy) is 3. The Morgan fingerprint density at radius 1 is 1.12 bits per heavy atom. The van der Waals surface area contributed by atoms with Crippen LogP contribution >= 0.6 is 0 Å². The molecular weight excluding hydrogens is 326 g/mol. The first-order valence-electron chi connectivity index (χ1n) is 8.18. The predicted molar refractivity (Wildman–Crippen MR) is 93.5 cm³/mol. The molecule has 1 rings (SSSR count). The topological polar surface area (TPSA) is 85.3 Å². The van der Waals surface area contributed by atoms with E-state index in [0.29, 0.717) is 30.1 Å². The SMILES string of the molecule is CCC(C)N(CC(=O)O)C(=O)CCc1ccc(OC)c(OC)c1OC. The average molecular weight is 353 g/mol. The molecule has 7 nitrogen and oxygen atoms in total. The van der Waals surface area contributed by atoms with Gasteiger partial charge in [-0.05, 0) is 31.4 Å². The number of carbonyl (C=O) groups excluding carboxylic acids is 1. The lowest BCUT2D eigenvalue weighted by molar-refractivity contribution is -0.146. The highest BCUT2D eigenvalue weighted by atomic mass is 16.5. The Hall–Kier alpha value is -2.44. The Morgan fingerprint density at radius 2 is 1.76 bits per heavy atom. The van der Waals surface area contributed by atoms with Crippen molar-refractivity contribution in [1.29, 1.82) is 0 Å². The summed E-state index contributed by atoms with van der Waals surface area (Å²) in [6.07, 6.45) is 1.29. The van der Waals surface area contributed by atoms with Crippen LogP contribution in [0.4, 0.5) is 0 Å². The first-order chi connectivity index (χ1) is 11.9. The molecule has 1 aromatic rings. The summed E-state index contributed by atoms with van der Waals surface area (Å²) < 4.78 is 16.0. The van der Waals surface area contributed by atoms with Crippen LogP contribution in [0.25, 0.3) is 0 Å². The minimum absolute atomic E-state index is 0.129. The van der Waals surface area contributed by atoms with E-state index in [1.54, 1.807) is 6.07 Å². The van der Waals surface area contributed by atoms with E-state index in [-0.39, 0.29) is 24.9 Å². The number of carboxylic acid groups (broad SMARTS) is 1. The van der Waals surface area contributed by atoms with Crippen molar-refractivity contribution in [3.05, 3.63) is 17.7 Å². The van der Waals surface area contributed by atoms with Crippen LogP contribution in [0.15, 0.2) is 12.1 Å². The molecule has 0 saturated heterocycles. The maximum atomic E-state index is 12.5. The maximum absolute atomic E-state index is 12.5. The Morgan fingerprint density at radius 3 is 2.24 bits per heavy atom. The number of aryl methyl sites for hydroxylation is 1. The molecule has 0 aromatic heterocycles. The molecule has 1 unspecified atom stereocenters. The fourth-order valence-electron chi connectivity index (χ4n) is 2.60. The lowest BCUT2D eigenvalue weighted by atomic mass is 10.1. The number of methoxy groups -OCH3 is 3. The van der Waals surface area contributed by atoms with Gasteiger partial charge < -0.3 is 24.2 Å². The molecule has 0 radical (unpaired) electrons. The van der Waals surface area contributed by atoms with Crippen molar-refractivity contribution in [1.82, 2.24) is 4.90 Å². The zero-order valence-corrected chi connectivity index (χ0v) is 15.5. The van der Waals surface area contributed by atoms with Gasteiger partial charge in [-0.1, -0.05) is 13.0 Å². The van der Waals surface area contributed by atoms with Gasteiger partial charge in [0.1, 0.15) is 6.54 Å². The van der Waals surface area contributed by atoms with Gasteiger partial charge >= 0.3 is 5.97 Å². The first kappa shape index (κ1) is 20.6. The molecule has 0 saturated carbocycles. The van der Waals surface area contributed by atoms with Crippen molar-refractivity contribution < 1.29 is 28.9 Å². The first-order valence-corrected chi connectivity index (χ1v) is 8.18. The lowest BCUT2D eigenvalue weighted by Gasteiger charge is -2.27. The zero-order valence-electron chi connectivity index (χ0n) is 15.5. The molecule has 0 spiro atoms. The molecule has 0 bridgehead atoms. The minimum atomic E-state index is -1.02. The number of nitrogens with zero attached hydrogens (tertiary/aromatic N) is 1. The molecule has 0 aliphatic carbocycles. The third-order valence-electron chi connectivity index (χ3n) is 4.14. The molecule has 0 aliphatic rings. The summed E-state index contributed by atoms with van der Waals surface area (Å²) in [5, 5.41) is 9.03. The maximum Gasteiger partial charge on any atom is 0.323 e. The second-order valence-electron chi connectivity index (χ2n) is 5.67. The fraction of sp³-hybridized carbons (Fsp3) is 0.556. The van der Waals surface area contributed by atoms with Crippen LogP contribution in [0, 0.1) is 0 Å². The Balaban J connectivity index is 2.95. The van der Waals surface area contributed by atoms with E-state index in [2.05, 4.69) is 0 Å². The fourth-order valence-corrected chi connectivity index (χ4v) is 2.60. The second kappa shape index (κ2) is 9.76. The summed E-state index contributed by atoms with van der Waals surface area (Å²) in [4.78, 5) is 24.9. The highest BCUT2D eigenvalue weighted by Crippen LogP contribution is 2.40. The van der Waals surface area contributed by atoms with Crippen LogP contribution in [-0.2, 0) is 16.0 Å². The molecule has 1 atom stereocenters. The molecule has 0 fully saturated rings. The van der Waals surface area contributed by atoms with Gasteiger partial charge in [0.25, 0.3) is 0 Å². The average Bonchev–Trinajstić information content (AvgIpc) is 2.62. The quantitative estimate of drug-likeness (QED) is 0.695. The van der Waals surface area contributed by atoms with E-state index < -0.39 is 5.97 Å². The van der Waals surface area contributed by atoms with Gasteiger partial charge in [-0.2, -0.15) is 0 Å². The summed E-state index contributed by atoms with van der Waals surface area (Å²) >= 11 is 0. The highest BCUT2D eigenvalue weighted by Gasteiger charge is 2.22. The van der Waals surface area contributed by atoms with Crippen molar-refractivity contribution in [3.8, 4) is 17.2 Å². The normalized spacial score (nSPS) is 11.6. The predicted octanol–water partition coefficient (Wildman–Crippen LogP) is 2.36. The van der Waals surface area contributed by atoms with Crippen molar-refractivity contribution >= 4 is 11.9 Å². The minimum Gasteiger partial charge on any atom is -0.493 e. The van der Waals surface area contributed by atoms with Crippen LogP contribution in [0.1, 0.15) is 32.3 Å². The van der Waals surface area contributed by atoms with Gasteiger partial charge in [0, 0.05) is 12.5 Å². The lowest BCUT2D eigenvalue weighted by Crippen LogP contribution is -2.41. The molecule has 25 heavy (non-hydrogen) atoms. The van der Waals surface area contributed by atoms with Gasteiger partial charge in [0.05, 0.1) is 21.3 Å². The van der Waals surface area contributed by atoms with Gasteiger partial charge in [-0.3, -0.25) is 9.59 Å². The summed E-state index contributed by atoms with van der Waals surface area (Å²) in [5.74, 6) is 0.315. The summed E-state index contributed by atoms with van der Waals surface area (Å²) in [7, 11) is 4.59. The smallest absolute Gasteiger partial charge is 0.323 e. The third-order valence-corrected chi connectivity index (χ3v) is 4.14. The van der Waals surface area contributed by atoms with Crippen molar-refractivity contribution in [2.75, 3.05) is 27.9 Å². The number of carbonyl (C=O) groups is 2. The largest absolute Gasteiger partial charge is 0.493 e. The molecule has 1 amide bonds. The zero-order chi connectivity index (χ0) is 19.0. The third kappa shape index (κ3) is 5.27. The Bertz CT molecular complexity index is 601. The molecule has 7 heteroatoms. The molecule has 1 N–H and O–H groups in total. The number of rotatable bonds is 10. The molecular formula is C18H27NO6. The number of hydrogen-bond acceptors (Lipinski definition) is 5. The van der Waals surface area contributed by atoms with E-state index in [1.807, 2.05) is 19.9 Å². The van der Waals surface area contributed by atoms with Gasteiger partial charge in [0.2, 0.25) is 11.7 Å². The van der Waals surface area contributed by atoms with Crippen molar-refractivity contribution in [2.24, 2.45) is 0 Å². The van der Waals surface area contributed by atoms with Gasteiger partial charge in [0.15, 0.2) is 11.5 Å². The van der Waals surface area contributed by atoms with E-state index in [4.69, 9.17) is 19.3 Å². The van der Waals surface area contributed by atoms with E-state index in [9.17, 15) is 9.59 Å². The van der Waals surface area contributed by atoms with Crippen molar-refractivity contribution in [3.63, 3.8) is 0 Å². The summed E-state index contributed by atoms with van der Waals surface area (Å²) in [6, 6.07) is 3.44. The number of benzene rings is 1. The number of hydrogen-bond donors (Lipinski definition) is 1. The molecule has 140 valence electrons. The summed E-state index contributed by atoms with van der Waals surface area (Å²) in [6.45, 7) is 3.47. The highest BCUT2D eigenvalue weighted by molar-refractivity contribution is 5.82. The molecule has 1 aromatic carbocycles. The van der Waals surface area contributed by atoms with E-state index >= 15 is 0 Å². The number of carboxylic acids is 1. The summed E-state index contributed by atoms with van der Waals surface area (Å²) in [5.41, 5.74) is 0.799. The van der Waals surface area contributed by atoms with Crippen LogP contribution in [0.5, 0.6) is 17.2 Å². The molecule has 0 heterocycles. The Labute approximate surface area is 148 Å². The van der Waals surface area contributed by atoms with Crippen molar-refractivity contribution in [2.45, 2.75) is 39.2 Å². The van der Waals surface area contributed by atoms with Crippen LogP contribution in [-0.4, -0.2) is 55.8 Å².